The molecule has 2 heterocycles. The second-order valence-corrected chi connectivity index (χ2v) is 10.2. The van der Waals surface area contributed by atoms with E-state index in [1.165, 1.54) is 18.9 Å². The highest BCUT2D eigenvalue weighted by Gasteiger charge is 2.30. The van der Waals surface area contributed by atoms with Crippen LogP contribution < -0.4 is 4.74 Å². The van der Waals surface area contributed by atoms with Gasteiger partial charge < -0.3 is 4.74 Å². The van der Waals surface area contributed by atoms with Crippen molar-refractivity contribution < 1.29 is 17.9 Å². The minimum atomic E-state index is -0.914. The molecule has 1 aliphatic heterocycles. The number of thioether (sulfide) groups is 1. The van der Waals surface area contributed by atoms with Gasteiger partial charge in [-0.15, -0.1) is 11.8 Å². The Balaban J connectivity index is 1.34. The van der Waals surface area contributed by atoms with Crippen molar-refractivity contribution in [2.24, 2.45) is 5.92 Å². The number of aromatic nitrogens is 1. The van der Waals surface area contributed by atoms with Crippen LogP contribution in [0.15, 0.2) is 60.7 Å². The Morgan fingerprint density at radius 3 is 2.60 bits per heavy atom. The number of rotatable bonds is 5. The quantitative estimate of drug-likeness (QED) is 0.284. The first-order valence-electron chi connectivity index (χ1n) is 11.6. The molecule has 6 rings (SSSR count). The zero-order valence-electron chi connectivity index (χ0n) is 18.8. The van der Waals surface area contributed by atoms with Crippen LogP contribution in [0.2, 0.25) is 0 Å². The van der Waals surface area contributed by atoms with Crippen LogP contribution in [0.3, 0.4) is 0 Å². The van der Waals surface area contributed by atoms with Gasteiger partial charge in [0.1, 0.15) is 18.2 Å². The SMILES string of the molecule is Fc1cc2ccc(/C=C/c3ccc4c(c3)C(SCC3CC3)c3cccc(F)c3CO4)nc2cc1F. The van der Waals surface area contributed by atoms with Gasteiger partial charge in [-0.05, 0) is 72.0 Å². The van der Waals surface area contributed by atoms with Gasteiger partial charge in [0.05, 0.1) is 16.5 Å². The van der Waals surface area contributed by atoms with E-state index in [1.54, 1.807) is 18.2 Å². The molecule has 1 aliphatic carbocycles. The van der Waals surface area contributed by atoms with Crippen LogP contribution in [0, 0.1) is 23.4 Å². The van der Waals surface area contributed by atoms with E-state index < -0.39 is 11.6 Å². The highest BCUT2D eigenvalue weighted by molar-refractivity contribution is 7.99. The summed E-state index contributed by atoms with van der Waals surface area (Å²) in [4.78, 5) is 4.44. The van der Waals surface area contributed by atoms with Crippen LogP contribution in [0.1, 0.15) is 46.0 Å². The third kappa shape index (κ3) is 4.55. The second-order valence-electron chi connectivity index (χ2n) is 9.08. The molecule has 0 bridgehead atoms. The molecular weight excluding hydrogens is 467 g/mol. The van der Waals surface area contributed by atoms with Crippen molar-refractivity contribution in [1.29, 1.82) is 0 Å². The summed E-state index contributed by atoms with van der Waals surface area (Å²) < 4.78 is 47.8. The number of nitrogens with zero attached hydrogens (tertiary/aromatic N) is 1. The van der Waals surface area contributed by atoms with E-state index >= 15 is 0 Å². The largest absolute Gasteiger partial charge is 0.488 e. The van der Waals surface area contributed by atoms with Crippen LogP contribution in [0.25, 0.3) is 23.1 Å². The first-order valence-corrected chi connectivity index (χ1v) is 12.7. The van der Waals surface area contributed by atoms with E-state index in [2.05, 4.69) is 11.1 Å². The smallest absolute Gasteiger partial charge is 0.161 e. The van der Waals surface area contributed by atoms with Gasteiger partial charge in [-0.25, -0.2) is 18.2 Å². The summed E-state index contributed by atoms with van der Waals surface area (Å²) >= 11 is 1.85. The van der Waals surface area contributed by atoms with Crippen LogP contribution in [-0.4, -0.2) is 10.7 Å². The molecule has 0 radical (unpaired) electrons. The summed E-state index contributed by atoms with van der Waals surface area (Å²) in [5, 5.41) is 0.536. The van der Waals surface area contributed by atoms with Gasteiger partial charge in [-0.1, -0.05) is 30.3 Å². The van der Waals surface area contributed by atoms with Crippen LogP contribution >= 0.6 is 11.8 Å². The first kappa shape index (κ1) is 22.2. The normalized spacial score (nSPS) is 17.2. The minimum Gasteiger partial charge on any atom is -0.488 e. The van der Waals surface area contributed by atoms with E-state index in [0.29, 0.717) is 22.2 Å². The Bertz CT molecular complexity index is 1460. The van der Waals surface area contributed by atoms with Gasteiger partial charge in [-0.3, -0.25) is 0 Å². The molecule has 4 aromatic rings. The first-order chi connectivity index (χ1) is 17.0. The van der Waals surface area contributed by atoms with Crippen molar-refractivity contribution in [3.63, 3.8) is 0 Å². The van der Waals surface area contributed by atoms with E-state index in [4.69, 9.17) is 4.74 Å². The summed E-state index contributed by atoms with van der Waals surface area (Å²) in [5.41, 5.74) is 4.63. The highest BCUT2D eigenvalue weighted by Crippen LogP contribution is 2.47. The summed E-state index contributed by atoms with van der Waals surface area (Å²) in [6, 6.07) is 17.0. The molecular formula is C29H22F3NOS. The van der Waals surface area contributed by atoms with Gasteiger partial charge in [0.15, 0.2) is 11.6 Å². The Kier molecular flexibility index (Phi) is 5.77. The van der Waals surface area contributed by atoms with E-state index in [0.717, 1.165) is 46.2 Å². The van der Waals surface area contributed by atoms with Gasteiger partial charge in [0, 0.05) is 22.6 Å². The van der Waals surface area contributed by atoms with Gasteiger partial charge >= 0.3 is 0 Å². The molecule has 0 spiro atoms. The number of ether oxygens (including phenoxy) is 1. The van der Waals surface area contributed by atoms with Crippen molar-refractivity contribution in [3.8, 4) is 5.75 Å². The lowest BCUT2D eigenvalue weighted by Gasteiger charge is -2.19. The maximum Gasteiger partial charge on any atom is 0.161 e. The van der Waals surface area contributed by atoms with Crippen molar-refractivity contribution in [1.82, 2.24) is 4.98 Å². The Labute approximate surface area is 205 Å². The van der Waals surface area contributed by atoms with E-state index in [9.17, 15) is 13.2 Å². The summed E-state index contributed by atoms with van der Waals surface area (Å²) in [7, 11) is 0. The van der Waals surface area contributed by atoms with E-state index in [1.807, 2.05) is 42.1 Å². The molecule has 2 nitrogen and oxygen atoms in total. The predicted octanol–water partition coefficient (Wildman–Crippen LogP) is 7.95. The summed E-state index contributed by atoms with van der Waals surface area (Å²) in [6.07, 6.45) is 6.31. The number of hydrogen-bond donors (Lipinski definition) is 0. The van der Waals surface area contributed by atoms with Crippen LogP contribution in [0.5, 0.6) is 5.75 Å². The summed E-state index contributed by atoms with van der Waals surface area (Å²) in [6.45, 7) is 0.211. The third-order valence-electron chi connectivity index (χ3n) is 6.52. The van der Waals surface area contributed by atoms with Crippen molar-refractivity contribution in [2.75, 3.05) is 5.75 Å². The summed E-state index contributed by atoms with van der Waals surface area (Å²) in [5.74, 6) is 0.524. The molecule has 35 heavy (non-hydrogen) atoms. The fourth-order valence-corrected chi connectivity index (χ4v) is 5.96. The highest BCUT2D eigenvalue weighted by atomic mass is 32.2. The lowest BCUT2D eigenvalue weighted by atomic mass is 9.98. The maximum absolute atomic E-state index is 14.7. The minimum absolute atomic E-state index is 0.0104. The third-order valence-corrected chi connectivity index (χ3v) is 8.03. The fraction of sp³-hybridized carbons (Fsp3) is 0.207. The molecule has 176 valence electrons. The van der Waals surface area contributed by atoms with Crippen LogP contribution in [-0.2, 0) is 6.61 Å². The number of pyridine rings is 1. The number of benzene rings is 3. The zero-order chi connectivity index (χ0) is 23.9. The average Bonchev–Trinajstić information content (AvgIpc) is 3.69. The lowest BCUT2D eigenvalue weighted by Crippen LogP contribution is -2.03. The molecule has 6 heteroatoms. The maximum atomic E-state index is 14.7. The monoisotopic (exact) mass is 489 g/mol. The number of fused-ring (bicyclic) bond motifs is 3. The zero-order valence-corrected chi connectivity index (χ0v) is 19.6. The number of halogens is 3. The second kappa shape index (κ2) is 9.08. The Hall–Kier alpha value is -3.25. The predicted molar refractivity (Wildman–Crippen MR) is 135 cm³/mol. The molecule has 1 atom stereocenters. The van der Waals surface area contributed by atoms with Gasteiger partial charge in [0.25, 0.3) is 0 Å². The van der Waals surface area contributed by atoms with Gasteiger partial charge in [-0.2, -0.15) is 0 Å². The Morgan fingerprint density at radius 1 is 0.886 bits per heavy atom. The molecule has 1 unspecified atom stereocenters. The average molecular weight is 490 g/mol. The molecule has 1 aromatic heterocycles. The molecule has 3 aromatic carbocycles. The number of hydrogen-bond acceptors (Lipinski definition) is 3. The van der Waals surface area contributed by atoms with Crippen molar-refractivity contribution >= 4 is 34.8 Å². The fourth-order valence-electron chi connectivity index (χ4n) is 4.40. The molecule has 1 saturated carbocycles. The molecule has 0 N–H and O–H groups in total. The molecule has 1 fully saturated rings. The molecule has 2 aliphatic rings. The van der Waals surface area contributed by atoms with Gasteiger partial charge in [0.2, 0.25) is 0 Å². The topological polar surface area (TPSA) is 22.1 Å². The molecule has 0 saturated heterocycles. The van der Waals surface area contributed by atoms with Crippen LogP contribution in [0.4, 0.5) is 13.2 Å². The lowest BCUT2D eigenvalue weighted by molar-refractivity contribution is 0.301. The van der Waals surface area contributed by atoms with Crippen molar-refractivity contribution in [3.05, 3.63) is 106 Å². The standard InChI is InChI=1S/C29H22F3NOS/c30-24-3-1-2-21-23(24)15-34-28-11-7-17(12-22(28)29(21)35-16-18-4-5-18)6-9-20-10-8-19-13-25(31)26(32)14-27(19)33-20/h1-3,6-14,18,29H,4-5,15-16H2/b9-6+. The van der Waals surface area contributed by atoms with E-state index in [-0.39, 0.29) is 17.7 Å². The molecule has 0 amide bonds. The van der Waals surface area contributed by atoms with Crippen molar-refractivity contribution in [2.45, 2.75) is 24.7 Å². The Morgan fingerprint density at radius 2 is 1.74 bits per heavy atom.